The number of phenols is 1. The van der Waals surface area contributed by atoms with E-state index in [1.54, 1.807) is 12.1 Å². The number of aromatic hydroxyl groups is 1. The molecule has 0 fully saturated rings. The third-order valence-corrected chi connectivity index (χ3v) is 6.19. The monoisotopic (exact) mass is 575 g/mol. The summed E-state index contributed by atoms with van der Waals surface area (Å²) in [5.74, 6) is -4.88. The number of hydrogen-bond acceptors (Lipinski definition) is 9. The third kappa shape index (κ3) is 11.6. The van der Waals surface area contributed by atoms with Gasteiger partial charge in [0, 0.05) is 31.2 Å². The zero-order valence-corrected chi connectivity index (χ0v) is 22.4. The van der Waals surface area contributed by atoms with Crippen LogP contribution in [0.4, 0.5) is 0 Å². The number of hydrogen-bond donors (Lipinski definition) is 9. The number of phenolic OH excluding ortho intramolecular Hbond substituents is 1. The van der Waals surface area contributed by atoms with Gasteiger partial charge in [0.15, 0.2) is 0 Å². The number of unbranched alkanes of at least 4 members (excludes halogenated alkanes) is 1. The topological polar surface area (TPSA) is 263 Å². The second-order valence-electron chi connectivity index (χ2n) is 9.50. The number of nitrogens with one attached hydrogen (secondary N) is 4. The van der Waals surface area contributed by atoms with Crippen LogP contribution in [0.25, 0.3) is 0 Å². The molecule has 0 aliphatic heterocycles. The largest absolute Gasteiger partial charge is 0.508 e. The fourth-order valence-electron chi connectivity index (χ4n) is 3.89. The highest BCUT2D eigenvalue weighted by atomic mass is 16.4. The second kappa shape index (κ2) is 16.6. The Bertz CT molecular complexity index is 1160. The van der Waals surface area contributed by atoms with Gasteiger partial charge in [0.2, 0.25) is 17.7 Å². The zero-order chi connectivity index (χ0) is 30.4. The lowest BCUT2D eigenvalue weighted by Gasteiger charge is -2.25. The van der Waals surface area contributed by atoms with Crippen molar-refractivity contribution < 1.29 is 39.3 Å². The van der Waals surface area contributed by atoms with E-state index in [-0.39, 0.29) is 25.0 Å². The van der Waals surface area contributed by atoms with Crippen LogP contribution >= 0.6 is 0 Å². The van der Waals surface area contributed by atoms with Gasteiger partial charge in [-0.25, -0.2) is 9.78 Å². The minimum Gasteiger partial charge on any atom is -0.508 e. The van der Waals surface area contributed by atoms with Crippen LogP contribution in [0.1, 0.15) is 43.4 Å². The van der Waals surface area contributed by atoms with Crippen molar-refractivity contribution in [3.63, 3.8) is 0 Å². The summed E-state index contributed by atoms with van der Waals surface area (Å²) in [6.07, 6.45) is 3.41. The molecule has 11 N–H and O–H groups in total. The molecular formula is C26H37N7O8. The lowest BCUT2D eigenvalue weighted by molar-refractivity contribution is -0.143. The van der Waals surface area contributed by atoms with Crippen molar-refractivity contribution in [2.24, 2.45) is 11.5 Å². The smallest absolute Gasteiger partial charge is 0.326 e. The summed E-state index contributed by atoms with van der Waals surface area (Å²) in [7, 11) is 0. The summed E-state index contributed by atoms with van der Waals surface area (Å²) in [4.78, 5) is 68.7. The van der Waals surface area contributed by atoms with E-state index >= 15 is 0 Å². The van der Waals surface area contributed by atoms with Crippen LogP contribution in [-0.4, -0.2) is 85.7 Å². The predicted molar refractivity (Wildman–Crippen MR) is 145 cm³/mol. The maximum absolute atomic E-state index is 13.5. The van der Waals surface area contributed by atoms with Crippen molar-refractivity contribution in [2.45, 2.75) is 69.1 Å². The maximum atomic E-state index is 13.5. The molecule has 1 aromatic carbocycles. The van der Waals surface area contributed by atoms with Crippen LogP contribution in [0.5, 0.6) is 5.75 Å². The van der Waals surface area contributed by atoms with Gasteiger partial charge in [-0.15, -0.1) is 0 Å². The molecule has 0 bridgehead atoms. The van der Waals surface area contributed by atoms with Gasteiger partial charge in [-0.1, -0.05) is 18.6 Å². The van der Waals surface area contributed by atoms with E-state index in [0.29, 0.717) is 37.1 Å². The first-order chi connectivity index (χ1) is 19.5. The molecule has 0 saturated carbocycles. The molecule has 4 unspecified atom stereocenters. The number of H-pyrrole nitrogens is 1. The average Bonchev–Trinajstić information content (AvgIpc) is 3.44. The third-order valence-electron chi connectivity index (χ3n) is 6.19. The highest BCUT2D eigenvalue weighted by Gasteiger charge is 2.31. The predicted octanol–water partition coefficient (Wildman–Crippen LogP) is -1.24. The van der Waals surface area contributed by atoms with Crippen molar-refractivity contribution in [3.8, 4) is 5.75 Å². The van der Waals surface area contributed by atoms with Crippen LogP contribution in [0.15, 0.2) is 36.8 Å². The van der Waals surface area contributed by atoms with Crippen LogP contribution in [0.2, 0.25) is 0 Å². The number of benzene rings is 1. The zero-order valence-electron chi connectivity index (χ0n) is 22.4. The van der Waals surface area contributed by atoms with Gasteiger partial charge in [0.25, 0.3) is 0 Å². The molecule has 15 nitrogen and oxygen atoms in total. The standard InChI is InChI=1S/C26H37N7O8/c27-10-2-1-3-18(28)23(37)32-20(11-15-4-6-17(34)7-5-15)24(38)33-21(12-16-13-29-14-30-16)25(39)31-19(26(40)41)8-9-22(35)36/h4-7,13-14,18-21,34H,1-3,8-12,27-28H2,(H,29,30)(H,31,39)(H,32,37)(H,33,38)(H,35,36)(H,40,41). The summed E-state index contributed by atoms with van der Waals surface area (Å²) < 4.78 is 0. The van der Waals surface area contributed by atoms with Gasteiger partial charge in [-0.2, -0.15) is 0 Å². The Morgan fingerprint density at radius 3 is 2.02 bits per heavy atom. The number of aromatic amines is 1. The summed E-state index contributed by atoms with van der Waals surface area (Å²) >= 11 is 0. The van der Waals surface area contributed by atoms with Gasteiger partial charge in [-0.3, -0.25) is 19.2 Å². The molecule has 0 aliphatic carbocycles. The van der Waals surface area contributed by atoms with Crippen LogP contribution < -0.4 is 27.4 Å². The van der Waals surface area contributed by atoms with Gasteiger partial charge in [0.05, 0.1) is 12.4 Å². The van der Waals surface area contributed by atoms with E-state index in [1.165, 1.54) is 24.7 Å². The van der Waals surface area contributed by atoms with Gasteiger partial charge >= 0.3 is 11.9 Å². The number of amides is 3. The van der Waals surface area contributed by atoms with Crippen molar-refractivity contribution in [3.05, 3.63) is 48.0 Å². The Morgan fingerprint density at radius 2 is 1.46 bits per heavy atom. The van der Waals surface area contributed by atoms with Crippen molar-refractivity contribution in [1.29, 1.82) is 0 Å². The Kier molecular flexibility index (Phi) is 13.2. The molecule has 1 aromatic heterocycles. The Hall–Kier alpha value is -4.50. The summed E-state index contributed by atoms with van der Waals surface area (Å²) in [5, 5.41) is 35.4. The lowest BCUT2D eigenvalue weighted by atomic mass is 10.0. The number of aromatic nitrogens is 2. The highest BCUT2D eigenvalue weighted by molar-refractivity contribution is 5.94. The molecule has 15 heteroatoms. The molecule has 224 valence electrons. The number of carbonyl (C=O) groups excluding carboxylic acids is 3. The van der Waals surface area contributed by atoms with Crippen LogP contribution in [-0.2, 0) is 36.8 Å². The van der Waals surface area contributed by atoms with Crippen molar-refractivity contribution in [2.75, 3.05) is 6.54 Å². The molecule has 0 spiro atoms. The minimum absolute atomic E-state index is 0.00730. The number of aliphatic carboxylic acids is 2. The number of nitrogens with zero attached hydrogens (tertiary/aromatic N) is 1. The first-order valence-corrected chi connectivity index (χ1v) is 13.1. The lowest BCUT2D eigenvalue weighted by Crippen LogP contribution is -2.58. The van der Waals surface area contributed by atoms with Crippen LogP contribution in [0, 0.1) is 0 Å². The molecule has 41 heavy (non-hydrogen) atoms. The molecule has 0 saturated heterocycles. The first kappa shape index (κ1) is 32.7. The molecule has 0 radical (unpaired) electrons. The van der Waals surface area contributed by atoms with E-state index < -0.39 is 60.2 Å². The van der Waals surface area contributed by atoms with E-state index in [2.05, 4.69) is 25.9 Å². The first-order valence-electron chi connectivity index (χ1n) is 13.1. The average molecular weight is 576 g/mol. The van der Waals surface area contributed by atoms with E-state index in [9.17, 15) is 34.2 Å². The fourth-order valence-corrected chi connectivity index (χ4v) is 3.89. The molecule has 1 heterocycles. The van der Waals surface area contributed by atoms with Crippen molar-refractivity contribution in [1.82, 2.24) is 25.9 Å². The second-order valence-corrected chi connectivity index (χ2v) is 9.50. The van der Waals surface area contributed by atoms with Gasteiger partial charge in [-0.05, 0) is 43.5 Å². The van der Waals surface area contributed by atoms with Crippen molar-refractivity contribution >= 4 is 29.7 Å². The maximum Gasteiger partial charge on any atom is 0.326 e. The van der Waals surface area contributed by atoms with Gasteiger partial charge < -0.3 is 47.7 Å². The normalized spacial score (nSPS) is 13.8. The van der Waals surface area contributed by atoms with E-state index in [4.69, 9.17) is 16.6 Å². The molecule has 2 rings (SSSR count). The minimum atomic E-state index is -1.52. The molecular weight excluding hydrogens is 538 g/mol. The molecule has 2 aromatic rings. The number of carbonyl (C=O) groups is 5. The summed E-state index contributed by atoms with van der Waals surface area (Å²) in [5.41, 5.74) is 12.5. The number of carboxylic acids is 2. The van der Waals surface area contributed by atoms with E-state index in [0.717, 1.165) is 0 Å². The van der Waals surface area contributed by atoms with E-state index in [1.807, 2.05) is 0 Å². The van der Waals surface area contributed by atoms with Crippen LogP contribution in [0.3, 0.4) is 0 Å². The quantitative estimate of drug-likeness (QED) is 0.0949. The Balaban J connectivity index is 2.26. The Labute approximate surface area is 236 Å². The summed E-state index contributed by atoms with van der Waals surface area (Å²) in [6.45, 7) is 0.444. The summed E-state index contributed by atoms with van der Waals surface area (Å²) in [6, 6.07) is 1.05. The van der Waals surface area contributed by atoms with Gasteiger partial charge in [0.1, 0.15) is 23.9 Å². The molecule has 0 aliphatic rings. The molecule has 3 amide bonds. The molecule has 4 atom stereocenters. The fraction of sp³-hybridized carbons (Fsp3) is 0.462. The highest BCUT2D eigenvalue weighted by Crippen LogP contribution is 2.12. The number of carboxylic acid groups (broad SMARTS) is 2. The number of rotatable bonds is 18. The number of nitrogens with two attached hydrogens (primary N) is 2. The SMILES string of the molecule is NCCCCC(N)C(=O)NC(Cc1ccc(O)cc1)C(=O)NC(Cc1cnc[nH]1)C(=O)NC(CCC(=O)O)C(=O)O. The number of imidazole rings is 1. The Morgan fingerprint density at radius 1 is 0.854 bits per heavy atom.